The predicted octanol–water partition coefficient (Wildman–Crippen LogP) is 2.27. The van der Waals surface area contributed by atoms with Gasteiger partial charge in [0.2, 0.25) is 0 Å². The lowest BCUT2D eigenvalue weighted by molar-refractivity contribution is 0.0950. The summed E-state index contributed by atoms with van der Waals surface area (Å²) in [7, 11) is -0.930. The summed E-state index contributed by atoms with van der Waals surface area (Å²) in [6.45, 7) is 1.50. The number of hydrogen-bond donors (Lipinski definition) is 1. The Morgan fingerprint density at radius 3 is 2.67 bits per heavy atom. The van der Waals surface area contributed by atoms with Crippen molar-refractivity contribution in [1.82, 2.24) is 5.32 Å². The van der Waals surface area contributed by atoms with Crippen LogP contribution < -0.4 is 14.8 Å². The van der Waals surface area contributed by atoms with E-state index in [9.17, 15) is 9.00 Å². The summed E-state index contributed by atoms with van der Waals surface area (Å²) >= 11 is 0. The van der Waals surface area contributed by atoms with Gasteiger partial charge < -0.3 is 14.8 Å². The Hall–Kier alpha value is -2.34. The van der Waals surface area contributed by atoms with Crippen LogP contribution in [0.1, 0.15) is 21.5 Å². The highest BCUT2D eigenvalue weighted by Crippen LogP contribution is 2.30. The highest BCUT2D eigenvalue weighted by molar-refractivity contribution is 7.83. The van der Waals surface area contributed by atoms with E-state index in [0.717, 1.165) is 16.9 Å². The second-order valence-electron chi connectivity index (χ2n) is 5.58. The van der Waals surface area contributed by atoms with Crippen LogP contribution >= 0.6 is 0 Å². The molecule has 3 rings (SSSR count). The van der Waals surface area contributed by atoms with Crippen LogP contribution in [0.5, 0.6) is 11.5 Å². The molecule has 1 atom stereocenters. The number of hydrogen-bond acceptors (Lipinski definition) is 4. The third-order valence-electron chi connectivity index (χ3n) is 3.62. The smallest absolute Gasteiger partial charge is 0.251 e. The minimum Gasteiger partial charge on any atom is -0.486 e. The van der Waals surface area contributed by atoms with E-state index in [-0.39, 0.29) is 5.91 Å². The first-order valence-electron chi connectivity index (χ1n) is 7.67. The molecule has 0 bridgehead atoms. The molecule has 24 heavy (non-hydrogen) atoms. The van der Waals surface area contributed by atoms with E-state index >= 15 is 0 Å². The maximum atomic E-state index is 12.3. The molecule has 0 spiro atoms. The van der Waals surface area contributed by atoms with Crippen molar-refractivity contribution < 1.29 is 18.5 Å². The molecular formula is C18H19NO4S. The number of rotatable bonds is 5. The Bertz CT molecular complexity index is 775. The van der Waals surface area contributed by atoms with Crippen LogP contribution in [0, 0.1) is 0 Å². The molecule has 5 nitrogen and oxygen atoms in total. The second-order valence-corrected chi connectivity index (χ2v) is 7.01. The first-order chi connectivity index (χ1) is 11.6. The summed E-state index contributed by atoms with van der Waals surface area (Å²) in [4.78, 5) is 12.3. The van der Waals surface area contributed by atoms with Gasteiger partial charge in [-0.15, -0.1) is 0 Å². The van der Waals surface area contributed by atoms with Crippen LogP contribution in [0.2, 0.25) is 0 Å². The number of fused-ring (bicyclic) bond motifs is 1. The van der Waals surface area contributed by atoms with E-state index in [2.05, 4.69) is 5.32 Å². The Labute approximate surface area is 143 Å². The largest absolute Gasteiger partial charge is 0.486 e. The van der Waals surface area contributed by atoms with Crippen LogP contribution in [0.4, 0.5) is 0 Å². The maximum absolute atomic E-state index is 12.3. The van der Waals surface area contributed by atoms with Crippen LogP contribution in [-0.2, 0) is 23.1 Å². The number of carbonyl (C=O) groups excluding carboxylic acids is 1. The van der Waals surface area contributed by atoms with Gasteiger partial charge in [-0.3, -0.25) is 9.00 Å². The zero-order valence-corrected chi connectivity index (χ0v) is 14.2. The average Bonchev–Trinajstić information content (AvgIpc) is 2.59. The number of ether oxygens (including phenoxy) is 2. The van der Waals surface area contributed by atoms with Crippen molar-refractivity contribution in [3.05, 3.63) is 59.2 Å². The average molecular weight is 345 g/mol. The summed E-state index contributed by atoms with van der Waals surface area (Å²) in [5.41, 5.74) is 2.40. The van der Waals surface area contributed by atoms with Crippen molar-refractivity contribution in [2.45, 2.75) is 12.3 Å². The molecule has 0 saturated carbocycles. The molecule has 126 valence electrons. The quantitative estimate of drug-likeness (QED) is 0.903. The van der Waals surface area contributed by atoms with Crippen LogP contribution in [0.15, 0.2) is 42.5 Å². The van der Waals surface area contributed by atoms with Gasteiger partial charge in [-0.25, -0.2) is 0 Å². The topological polar surface area (TPSA) is 64.6 Å². The van der Waals surface area contributed by atoms with Gasteiger partial charge in [0.25, 0.3) is 5.91 Å². The number of carbonyl (C=O) groups is 1. The van der Waals surface area contributed by atoms with Gasteiger partial charge in [-0.05, 0) is 35.4 Å². The molecule has 0 aromatic heterocycles. The zero-order chi connectivity index (χ0) is 16.9. The Morgan fingerprint density at radius 1 is 1.08 bits per heavy atom. The molecule has 2 aromatic rings. The van der Waals surface area contributed by atoms with Crippen molar-refractivity contribution >= 4 is 16.7 Å². The van der Waals surface area contributed by atoms with Crippen LogP contribution in [-0.4, -0.2) is 29.6 Å². The van der Waals surface area contributed by atoms with Gasteiger partial charge in [0.1, 0.15) is 13.2 Å². The third kappa shape index (κ3) is 4.14. The molecule has 0 radical (unpaired) electrons. The standard InChI is InChI=1S/C18H19NO4S/c1-24(21)12-14-3-2-4-15(9-14)18(20)19-11-13-5-6-16-17(10-13)23-8-7-22-16/h2-6,9-10H,7-8,11-12H2,1H3,(H,19,20). The van der Waals surface area contributed by atoms with Gasteiger partial charge in [-0.1, -0.05) is 18.2 Å². The molecule has 0 aliphatic carbocycles. The van der Waals surface area contributed by atoms with E-state index in [1.54, 1.807) is 24.5 Å². The minimum absolute atomic E-state index is 0.159. The fourth-order valence-electron chi connectivity index (χ4n) is 2.52. The molecule has 0 saturated heterocycles. The summed E-state index contributed by atoms with van der Waals surface area (Å²) in [6.07, 6.45) is 1.65. The van der Waals surface area contributed by atoms with Gasteiger partial charge in [0.05, 0.1) is 0 Å². The highest BCUT2D eigenvalue weighted by atomic mass is 32.2. The molecule has 1 N–H and O–H groups in total. The molecule has 1 unspecified atom stereocenters. The fraction of sp³-hybridized carbons (Fsp3) is 0.278. The summed E-state index contributed by atoms with van der Waals surface area (Å²) < 4.78 is 22.3. The van der Waals surface area contributed by atoms with E-state index < -0.39 is 10.8 Å². The summed E-state index contributed by atoms with van der Waals surface area (Å²) in [5, 5.41) is 2.89. The SMILES string of the molecule is CS(=O)Cc1cccc(C(=O)NCc2ccc3c(c2)OCCO3)c1. The first kappa shape index (κ1) is 16.5. The van der Waals surface area contributed by atoms with Crippen LogP contribution in [0.3, 0.4) is 0 Å². The summed E-state index contributed by atoms with van der Waals surface area (Å²) in [6, 6.07) is 12.9. The van der Waals surface area contributed by atoms with Crippen molar-refractivity contribution in [2.24, 2.45) is 0 Å². The molecule has 1 amide bonds. The molecular weight excluding hydrogens is 326 g/mol. The van der Waals surface area contributed by atoms with Gasteiger partial charge in [0.15, 0.2) is 11.5 Å². The van der Waals surface area contributed by atoms with E-state index in [1.165, 1.54) is 0 Å². The van der Waals surface area contributed by atoms with Crippen LogP contribution in [0.25, 0.3) is 0 Å². The van der Waals surface area contributed by atoms with Crippen molar-refractivity contribution in [3.63, 3.8) is 0 Å². The zero-order valence-electron chi connectivity index (χ0n) is 13.4. The molecule has 1 aliphatic heterocycles. The predicted molar refractivity (Wildman–Crippen MR) is 92.8 cm³/mol. The highest BCUT2D eigenvalue weighted by Gasteiger charge is 2.12. The Kier molecular flexibility index (Phi) is 5.15. The lowest BCUT2D eigenvalue weighted by atomic mass is 10.1. The first-order valence-corrected chi connectivity index (χ1v) is 9.40. The van der Waals surface area contributed by atoms with Crippen molar-refractivity contribution in [3.8, 4) is 11.5 Å². The lowest BCUT2D eigenvalue weighted by Gasteiger charge is -2.19. The molecule has 0 fully saturated rings. The van der Waals surface area contributed by atoms with Gasteiger partial charge in [-0.2, -0.15) is 0 Å². The van der Waals surface area contributed by atoms with Gasteiger partial charge >= 0.3 is 0 Å². The molecule has 6 heteroatoms. The van der Waals surface area contributed by atoms with Crippen molar-refractivity contribution in [2.75, 3.05) is 19.5 Å². The van der Waals surface area contributed by atoms with E-state index in [4.69, 9.17) is 9.47 Å². The number of amides is 1. The second kappa shape index (κ2) is 7.49. The Balaban J connectivity index is 1.64. The molecule has 1 heterocycles. The monoisotopic (exact) mass is 345 g/mol. The van der Waals surface area contributed by atoms with E-state index in [0.29, 0.717) is 36.8 Å². The number of nitrogens with one attached hydrogen (secondary N) is 1. The number of benzene rings is 2. The Morgan fingerprint density at radius 2 is 1.88 bits per heavy atom. The maximum Gasteiger partial charge on any atom is 0.251 e. The van der Waals surface area contributed by atoms with E-state index in [1.807, 2.05) is 24.3 Å². The molecule has 2 aromatic carbocycles. The normalized spacial score (nSPS) is 14.0. The fourth-order valence-corrected chi connectivity index (χ4v) is 3.17. The third-order valence-corrected chi connectivity index (χ3v) is 4.36. The summed E-state index contributed by atoms with van der Waals surface area (Å²) in [5.74, 6) is 1.73. The lowest BCUT2D eigenvalue weighted by Crippen LogP contribution is -2.23. The minimum atomic E-state index is -0.930. The van der Waals surface area contributed by atoms with Crippen molar-refractivity contribution in [1.29, 1.82) is 0 Å². The van der Waals surface area contributed by atoms with Gasteiger partial charge in [0, 0.05) is 34.9 Å². The molecule has 1 aliphatic rings.